The molecule has 0 unspecified atom stereocenters. The molecule has 0 spiro atoms. The van der Waals surface area contributed by atoms with Gasteiger partial charge in [-0.1, -0.05) is 5.16 Å². The zero-order valence-corrected chi connectivity index (χ0v) is 6.33. The SMILES string of the molecule is CCOC(=O)c1nonc1C. The first-order chi connectivity index (χ1) is 5.25. The van der Waals surface area contributed by atoms with Crippen molar-refractivity contribution in [3.63, 3.8) is 0 Å². The molecule has 1 aromatic heterocycles. The summed E-state index contributed by atoms with van der Waals surface area (Å²) in [7, 11) is 0. The second kappa shape index (κ2) is 3.14. The highest BCUT2D eigenvalue weighted by molar-refractivity contribution is 5.87. The first-order valence-electron chi connectivity index (χ1n) is 3.22. The van der Waals surface area contributed by atoms with Crippen molar-refractivity contribution < 1.29 is 14.2 Å². The van der Waals surface area contributed by atoms with E-state index < -0.39 is 5.97 Å². The van der Waals surface area contributed by atoms with Gasteiger partial charge < -0.3 is 4.74 Å². The van der Waals surface area contributed by atoms with Gasteiger partial charge in [0.1, 0.15) is 5.69 Å². The Morgan fingerprint density at radius 1 is 1.64 bits per heavy atom. The molecule has 5 nitrogen and oxygen atoms in total. The number of rotatable bonds is 2. The monoisotopic (exact) mass is 156 g/mol. The average molecular weight is 156 g/mol. The van der Waals surface area contributed by atoms with Crippen molar-refractivity contribution in [1.82, 2.24) is 10.3 Å². The van der Waals surface area contributed by atoms with E-state index in [9.17, 15) is 4.79 Å². The van der Waals surface area contributed by atoms with Gasteiger partial charge in [-0.25, -0.2) is 9.42 Å². The summed E-state index contributed by atoms with van der Waals surface area (Å²) >= 11 is 0. The fourth-order valence-corrected chi connectivity index (χ4v) is 0.616. The number of aromatic nitrogens is 2. The summed E-state index contributed by atoms with van der Waals surface area (Å²) in [5, 5.41) is 6.81. The Morgan fingerprint density at radius 3 is 2.82 bits per heavy atom. The van der Waals surface area contributed by atoms with Crippen LogP contribution in [-0.2, 0) is 4.74 Å². The molecule has 1 aromatic rings. The van der Waals surface area contributed by atoms with Crippen molar-refractivity contribution in [2.45, 2.75) is 13.8 Å². The Bertz CT molecular complexity index is 256. The van der Waals surface area contributed by atoms with Crippen LogP contribution < -0.4 is 0 Å². The molecule has 0 aliphatic rings. The highest BCUT2D eigenvalue weighted by Gasteiger charge is 2.15. The molecule has 0 radical (unpaired) electrons. The first-order valence-corrected chi connectivity index (χ1v) is 3.22. The quantitative estimate of drug-likeness (QED) is 0.585. The molecule has 11 heavy (non-hydrogen) atoms. The number of carbonyl (C=O) groups excluding carboxylic acids is 1. The molecule has 0 atom stereocenters. The van der Waals surface area contributed by atoms with Gasteiger partial charge in [0.15, 0.2) is 0 Å². The van der Waals surface area contributed by atoms with Crippen LogP contribution in [0.4, 0.5) is 0 Å². The molecule has 0 aliphatic carbocycles. The molecule has 1 rings (SSSR count). The first kappa shape index (κ1) is 7.71. The number of carbonyl (C=O) groups is 1. The number of nitrogens with zero attached hydrogens (tertiary/aromatic N) is 2. The van der Waals surface area contributed by atoms with Gasteiger partial charge in [0.05, 0.1) is 6.61 Å². The standard InChI is InChI=1S/C6H8N2O3/c1-3-10-6(9)5-4(2)7-11-8-5/h3H2,1-2H3. The predicted octanol–water partition coefficient (Wildman–Crippen LogP) is 0.555. The highest BCUT2D eigenvalue weighted by atomic mass is 16.6. The molecule has 0 saturated carbocycles. The van der Waals surface area contributed by atoms with Crippen molar-refractivity contribution in [3.05, 3.63) is 11.4 Å². The zero-order chi connectivity index (χ0) is 8.27. The molecule has 1 heterocycles. The van der Waals surface area contributed by atoms with Gasteiger partial charge in [0.2, 0.25) is 5.69 Å². The van der Waals surface area contributed by atoms with Crippen LogP contribution in [0.3, 0.4) is 0 Å². The Balaban J connectivity index is 2.76. The van der Waals surface area contributed by atoms with Gasteiger partial charge in [-0.3, -0.25) is 0 Å². The van der Waals surface area contributed by atoms with Gasteiger partial charge in [0, 0.05) is 0 Å². The lowest BCUT2D eigenvalue weighted by molar-refractivity contribution is 0.0513. The summed E-state index contributed by atoms with van der Waals surface area (Å²) in [6.07, 6.45) is 0. The largest absolute Gasteiger partial charge is 0.461 e. The summed E-state index contributed by atoms with van der Waals surface area (Å²) in [4.78, 5) is 10.9. The zero-order valence-electron chi connectivity index (χ0n) is 6.33. The van der Waals surface area contributed by atoms with Crippen LogP contribution in [0.15, 0.2) is 4.63 Å². The fourth-order valence-electron chi connectivity index (χ4n) is 0.616. The van der Waals surface area contributed by atoms with Crippen LogP contribution in [0.1, 0.15) is 23.1 Å². The summed E-state index contributed by atoms with van der Waals surface area (Å²) in [6.45, 7) is 3.68. The Kier molecular flexibility index (Phi) is 2.20. The topological polar surface area (TPSA) is 65.2 Å². The highest BCUT2D eigenvalue weighted by Crippen LogP contribution is 2.01. The van der Waals surface area contributed by atoms with E-state index in [0.29, 0.717) is 12.3 Å². The van der Waals surface area contributed by atoms with E-state index in [0.717, 1.165) is 0 Å². The van der Waals surface area contributed by atoms with E-state index in [1.807, 2.05) is 0 Å². The van der Waals surface area contributed by atoms with Crippen LogP contribution >= 0.6 is 0 Å². The molecule has 0 aromatic carbocycles. The predicted molar refractivity (Wildman–Crippen MR) is 35.0 cm³/mol. The van der Waals surface area contributed by atoms with E-state index in [-0.39, 0.29) is 5.69 Å². The maximum atomic E-state index is 10.9. The number of hydrogen-bond acceptors (Lipinski definition) is 5. The minimum atomic E-state index is -0.494. The smallest absolute Gasteiger partial charge is 0.362 e. The van der Waals surface area contributed by atoms with Gasteiger partial charge in [-0.15, -0.1) is 0 Å². The van der Waals surface area contributed by atoms with Crippen molar-refractivity contribution in [2.24, 2.45) is 0 Å². The van der Waals surface area contributed by atoms with Gasteiger partial charge in [0.25, 0.3) is 0 Å². The van der Waals surface area contributed by atoms with E-state index in [1.54, 1.807) is 13.8 Å². The van der Waals surface area contributed by atoms with Gasteiger partial charge >= 0.3 is 5.97 Å². The van der Waals surface area contributed by atoms with Crippen LogP contribution in [0.2, 0.25) is 0 Å². The van der Waals surface area contributed by atoms with Crippen molar-refractivity contribution >= 4 is 5.97 Å². The third kappa shape index (κ3) is 1.54. The van der Waals surface area contributed by atoms with Crippen molar-refractivity contribution in [3.8, 4) is 0 Å². The van der Waals surface area contributed by atoms with Crippen molar-refractivity contribution in [1.29, 1.82) is 0 Å². The molecule has 0 bridgehead atoms. The van der Waals surface area contributed by atoms with E-state index in [4.69, 9.17) is 0 Å². The molecule has 60 valence electrons. The maximum absolute atomic E-state index is 10.9. The summed E-state index contributed by atoms with van der Waals surface area (Å²) in [5.74, 6) is -0.494. The normalized spacial score (nSPS) is 9.64. The second-order valence-corrected chi connectivity index (χ2v) is 1.92. The Hall–Kier alpha value is -1.39. The Labute approximate surface area is 63.3 Å². The number of hydrogen-bond donors (Lipinski definition) is 0. The number of ether oxygens (including phenoxy) is 1. The minimum absolute atomic E-state index is 0.145. The summed E-state index contributed by atoms with van der Waals surface area (Å²) < 4.78 is 8.98. The lowest BCUT2D eigenvalue weighted by Crippen LogP contribution is -2.06. The van der Waals surface area contributed by atoms with Crippen LogP contribution in [0, 0.1) is 6.92 Å². The summed E-state index contributed by atoms with van der Waals surface area (Å²) in [5.41, 5.74) is 0.593. The third-order valence-electron chi connectivity index (χ3n) is 1.12. The molecule has 0 saturated heterocycles. The molecule has 0 amide bonds. The van der Waals surface area contributed by atoms with E-state index >= 15 is 0 Å². The summed E-state index contributed by atoms with van der Waals surface area (Å²) in [6, 6.07) is 0. The fraction of sp³-hybridized carbons (Fsp3) is 0.500. The molecule has 0 N–H and O–H groups in total. The van der Waals surface area contributed by atoms with Gasteiger partial charge in [-0.05, 0) is 19.0 Å². The van der Waals surface area contributed by atoms with Crippen LogP contribution in [-0.4, -0.2) is 22.9 Å². The minimum Gasteiger partial charge on any atom is -0.461 e. The maximum Gasteiger partial charge on any atom is 0.362 e. The molecule has 0 fully saturated rings. The molecule has 5 heteroatoms. The van der Waals surface area contributed by atoms with E-state index in [1.165, 1.54) is 0 Å². The second-order valence-electron chi connectivity index (χ2n) is 1.92. The third-order valence-corrected chi connectivity index (χ3v) is 1.12. The molecule has 0 aliphatic heterocycles. The average Bonchev–Trinajstić information content (AvgIpc) is 2.36. The van der Waals surface area contributed by atoms with Gasteiger partial charge in [-0.2, -0.15) is 0 Å². The molecular formula is C6H8N2O3. The van der Waals surface area contributed by atoms with Crippen LogP contribution in [0.25, 0.3) is 0 Å². The number of aryl methyl sites for hydroxylation is 1. The Morgan fingerprint density at radius 2 is 2.36 bits per heavy atom. The molecular weight excluding hydrogens is 148 g/mol. The lowest BCUT2D eigenvalue weighted by atomic mass is 10.3. The van der Waals surface area contributed by atoms with Crippen LogP contribution in [0.5, 0.6) is 0 Å². The lowest BCUT2D eigenvalue weighted by Gasteiger charge is -1.95. The van der Waals surface area contributed by atoms with E-state index in [2.05, 4.69) is 19.7 Å². The van der Waals surface area contributed by atoms with Crippen molar-refractivity contribution in [2.75, 3.05) is 6.61 Å². The number of esters is 1.